The lowest BCUT2D eigenvalue weighted by atomic mass is 10.0. The van der Waals surface area contributed by atoms with Crippen LogP contribution in [0, 0.1) is 0 Å². The molecule has 3 aromatic rings. The molecule has 0 atom stereocenters. The number of nitrogens with one attached hydrogen (secondary N) is 1. The third-order valence-electron chi connectivity index (χ3n) is 4.96. The first-order valence-corrected chi connectivity index (χ1v) is 9.14. The van der Waals surface area contributed by atoms with Crippen LogP contribution in [-0.4, -0.2) is 29.6 Å². The Hall–Kier alpha value is -3.01. The first-order valence-electron chi connectivity index (χ1n) is 9.14. The topological polar surface area (TPSA) is 37.3 Å². The van der Waals surface area contributed by atoms with Crippen LogP contribution in [0.1, 0.15) is 23.2 Å². The maximum absolute atomic E-state index is 12.7. The largest absolute Gasteiger partial charge is 0.371 e. The van der Waals surface area contributed by atoms with Gasteiger partial charge >= 0.3 is 0 Å². The van der Waals surface area contributed by atoms with Crippen LogP contribution >= 0.6 is 0 Å². The van der Waals surface area contributed by atoms with Gasteiger partial charge in [0, 0.05) is 48.5 Å². The summed E-state index contributed by atoms with van der Waals surface area (Å²) in [4.78, 5) is 15.0. The molecule has 26 heavy (non-hydrogen) atoms. The van der Waals surface area contributed by atoms with Crippen molar-refractivity contribution in [3.05, 3.63) is 84.7 Å². The summed E-state index contributed by atoms with van der Waals surface area (Å²) in [6.07, 6.45) is 5.91. The summed E-state index contributed by atoms with van der Waals surface area (Å²) in [7, 11) is 0. The van der Waals surface area contributed by atoms with Crippen molar-refractivity contribution in [2.75, 3.05) is 18.0 Å². The van der Waals surface area contributed by atoms with Gasteiger partial charge in [-0.05, 0) is 55.3 Å². The number of piperidine rings is 1. The van der Waals surface area contributed by atoms with E-state index in [4.69, 9.17) is 0 Å². The minimum atomic E-state index is 0.0113. The normalized spacial score (nSPS) is 15.0. The molecular weight excluding hydrogens is 322 g/mol. The molecule has 1 amide bonds. The van der Waals surface area contributed by atoms with Gasteiger partial charge in [-0.1, -0.05) is 24.3 Å². The van der Waals surface area contributed by atoms with Gasteiger partial charge in [0.2, 0.25) is 0 Å². The van der Waals surface area contributed by atoms with Crippen LogP contribution in [0.4, 0.5) is 5.69 Å². The number of para-hydroxylation sites is 1. The molecule has 132 valence electrons. The second kappa shape index (κ2) is 7.48. The monoisotopic (exact) mass is 345 g/mol. The van der Waals surface area contributed by atoms with E-state index >= 15 is 0 Å². The Labute approximate surface area is 154 Å². The maximum Gasteiger partial charge on any atom is 0.251 e. The molecule has 4 rings (SSSR count). The van der Waals surface area contributed by atoms with E-state index in [1.165, 1.54) is 5.69 Å². The summed E-state index contributed by atoms with van der Waals surface area (Å²) in [5, 5.41) is 3.20. The van der Waals surface area contributed by atoms with Gasteiger partial charge < -0.3 is 14.8 Å². The lowest BCUT2D eigenvalue weighted by Gasteiger charge is -2.34. The molecule has 1 fully saturated rings. The molecule has 1 aliphatic heterocycles. The highest BCUT2D eigenvalue weighted by molar-refractivity contribution is 5.95. The van der Waals surface area contributed by atoms with Crippen LogP contribution < -0.4 is 10.2 Å². The number of carbonyl (C=O) groups excluding carboxylic acids is 1. The minimum absolute atomic E-state index is 0.0113. The summed E-state index contributed by atoms with van der Waals surface area (Å²) >= 11 is 0. The fourth-order valence-corrected chi connectivity index (χ4v) is 3.50. The highest BCUT2D eigenvalue weighted by Gasteiger charge is 2.21. The number of hydrogen-bond donors (Lipinski definition) is 1. The van der Waals surface area contributed by atoms with Gasteiger partial charge in [0.15, 0.2) is 0 Å². The molecule has 1 aromatic heterocycles. The van der Waals surface area contributed by atoms with E-state index < -0.39 is 0 Å². The van der Waals surface area contributed by atoms with E-state index in [0.29, 0.717) is 5.56 Å². The number of rotatable bonds is 4. The van der Waals surface area contributed by atoms with Crippen LogP contribution in [0.5, 0.6) is 0 Å². The zero-order valence-corrected chi connectivity index (χ0v) is 14.7. The van der Waals surface area contributed by atoms with E-state index in [2.05, 4.69) is 34.5 Å². The predicted octanol–water partition coefficient (Wildman–Crippen LogP) is 3.88. The van der Waals surface area contributed by atoms with Gasteiger partial charge in [-0.3, -0.25) is 4.79 Å². The van der Waals surface area contributed by atoms with Gasteiger partial charge in [0.25, 0.3) is 5.91 Å². The van der Waals surface area contributed by atoms with Gasteiger partial charge in [0.1, 0.15) is 0 Å². The number of aromatic nitrogens is 1. The number of benzene rings is 2. The zero-order chi connectivity index (χ0) is 17.8. The lowest BCUT2D eigenvalue weighted by Crippen LogP contribution is -2.44. The molecule has 0 bridgehead atoms. The van der Waals surface area contributed by atoms with E-state index in [-0.39, 0.29) is 11.9 Å². The van der Waals surface area contributed by atoms with Gasteiger partial charge in [-0.15, -0.1) is 0 Å². The van der Waals surface area contributed by atoms with Crippen LogP contribution in [0.2, 0.25) is 0 Å². The highest BCUT2D eigenvalue weighted by Crippen LogP contribution is 2.20. The van der Waals surface area contributed by atoms with Crippen molar-refractivity contribution < 1.29 is 4.79 Å². The van der Waals surface area contributed by atoms with E-state index in [1.54, 1.807) is 0 Å². The summed E-state index contributed by atoms with van der Waals surface area (Å²) < 4.78 is 2.01. The van der Waals surface area contributed by atoms with Gasteiger partial charge in [-0.25, -0.2) is 0 Å². The maximum atomic E-state index is 12.7. The third-order valence-corrected chi connectivity index (χ3v) is 4.96. The van der Waals surface area contributed by atoms with Crippen molar-refractivity contribution in [1.29, 1.82) is 0 Å². The predicted molar refractivity (Wildman–Crippen MR) is 105 cm³/mol. The number of amides is 1. The number of hydrogen-bond acceptors (Lipinski definition) is 2. The first-order chi connectivity index (χ1) is 12.8. The lowest BCUT2D eigenvalue weighted by molar-refractivity contribution is 0.0931. The summed E-state index contributed by atoms with van der Waals surface area (Å²) in [5.41, 5.74) is 2.97. The fraction of sp³-hybridized carbons (Fsp3) is 0.227. The van der Waals surface area contributed by atoms with Crippen molar-refractivity contribution in [1.82, 2.24) is 9.88 Å². The molecule has 2 heterocycles. The second-order valence-corrected chi connectivity index (χ2v) is 6.71. The fourth-order valence-electron chi connectivity index (χ4n) is 3.50. The second-order valence-electron chi connectivity index (χ2n) is 6.71. The van der Waals surface area contributed by atoms with E-state index in [0.717, 1.165) is 31.6 Å². The Balaban J connectivity index is 1.37. The van der Waals surface area contributed by atoms with Crippen LogP contribution in [0.25, 0.3) is 5.69 Å². The Morgan fingerprint density at radius 1 is 0.846 bits per heavy atom. The van der Waals surface area contributed by atoms with E-state index in [9.17, 15) is 4.79 Å². The molecule has 2 aromatic carbocycles. The zero-order valence-electron chi connectivity index (χ0n) is 14.7. The molecule has 4 heteroatoms. The Bertz CT molecular complexity index is 850. The molecule has 1 saturated heterocycles. The molecular formula is C22H23N3O. The van der Waals surface area contributed by atoms with Crippen LogP contribution in [0.3, 0.4) is 0 Å². The molecule has 0 spiro atoms. The average molecular weight is 345 g/mol. The average Bonchev–Trinajstić information content (AvgIpc) is 3.24. The number of nitrogens with zero attached hydrogens (tertiary/aromatic N) is 2. The van der Waals surface area contributed by atoms with Crippen molar-refractivity contribution in [2.45, 2.75) is 18.9 Å². The van der Waals surface area contributed by atoms with Crippen LogP contribution in [0.15, 0.2) is 79.1 Å². The standard InChI is InChI=1S/C22H23N3O/c26-22(18-7-6-10-21(17-18)24-13-4-5-14-24)23-19-11-15-25(16-12-19)20-8-2-1-3-9-20/h1-10,13-14,17,19H,11-12,15-16H2,(H,23,26). The molecule has 0 radical (unpaired) electrons. The van der Waals surface area contributed by atoms with Crippen LogP contribution in [-0.2, 0) is 0 Å². The minimum Gasteiger partial charge on any atom is -0.371 e. The first kappa shape index (κ1) is 16.5. The molecule has 1 N–H and O–H groups in total. The number of anilines is 1. The van der Waals surface area contributed by atoms with Crippen molar-refractivity contribution in [3.63, 3.8) is 0 Å². The molecule has 1 aliphatic rings. The summed E-state index contributed by atoms with van der Waals surface area (Å²) in [5.74, 6) is 0.0113. The van der Waals surface area contributed by atoms with Crippen molar-refractivity contribution >= 4 is 11.6 Å². The highest BCUT2D eigenvalue weighted by atomic mass is 16.1. The van der Waals surface area contributed by atoms with E-state index in [1.807, 2.05) is 59.4 Å². The Kier molecular flexibility index (Phi) is 4.73. The number of carbonyl (C=O) groups is 1. The molecule has 0 saturated carbocycles. The Morgan fingerprint density at radius 2 is 1.54 bits per heavy atom. The SMILES string of the molecule is O=C(NC1CCN(c2ccccc2)CC1)c1cccc(-n2cccc2)c1. The quantitative estimate of drug-likeness (QED) is 0.779. The molecule has 0 unspecified atom stereocenters. The third kappa shape index (κ3) is 3.64. The molecule has 0 aliphatic carbocycles. The smallest absolute Gasteiger partial charge is 0.251 e. The van der Waals surface area contributed by atoms with Gasteiger partial charge in [-0.2, -0.15) is 0 Å². The van der Waals surface area contributed by atoms with Gasteiger partial charge in [0.05, 0.1) is 0 Å². The Morgan fingerprint density at radius 3 is 2.27 bits per heavy atom. The molecule has 4 nitrogen and oxygen atoms in total. The summed E-state index contributed by atoms with van der Waals surface area (Å²) in [6, 6.07) is 22.4. The van der Waals surface area contributed by atoms with Crippen molar-refractivity contribution in [3.8, 4) is 5.69 Å². The summed E-state index contributed by atoms with van der Waals surface area (Å²) in [6.45, 7) is 1.94. The van der Waals surface area contributed by atoms with Crippen molar-refractivity contribution in [2.24, 2.45) is 0 Å².